The molecule has 0 bridgehead atoms. The van der Waals surface area contributed by atoms with Crippen LogP contribution in [0.5, 0.6) is 0 Å². The lowest BCUT2D eigenvalue weighted by molar-refractivity contribution is 0.626. The van der Waals surface area contributed by atoms with Crippen LogP contribution in [-0.2, 0) is 17.2 Å². The Kier molecular flexibility index (Phi) is 6.43. The molecule has 2 aromatic rings. The van der Waals surface area contributed by atoms with Crippen molar-refractivity contribution >= 4 is 10.8 Å². The highest BCUT2D eigenvalue weighted by Gasteiger charge is 2.06. The van der Waals surface area contributed by atoms with E-state index in [9.17, 15) is 8.60 Å². The predicted molar refractivity (Wildman–Crippen MR) is 78.2 cm³/mol. The van der Waals surface area contributed by atoms with E-state index in [-0.39, 0.29) is 5.82 Å². The summed E-state index contributed by atoms with van der Waals surface area (Å²) in [5.74, 6) is -0.313. The van der Waals surface area contributed by atoms with Crippen LogP contribution < -0.4 is 0 Å². The molecule has 3 heteroatoms. The number of hydrogen-bond donors (Lipinski definition) is 0. The molecule has 0 aliphatic rings. The predicted octanol–water partition coefficient (Wildman–Crippen LogP) is 4.58. The normalized spacial score (nSPS) is 11.4. The van der Waals surface area contributed by atoms with Gasteiger partial charge in [0.25, 0.3) is 0 Å². The molecule has 0 heterocycles. The zero-order chi connectivity index (χ0) is 14.3. The molecule has 0 aromatic heterocycles. The zero-order valence-electron chi connectivity index (χ0n) is 11.5. The van der Waals surface area contributed by atoms with Crippen LogP contribution in [0.15, 0.2) is 58.3 Å². The first-order valence-electron chi connectivity index (χ1n) is 6.47. The van der Waals surface area contributed by atoms with Gasteiger partial charge in [-0.3, -0.25) is 0 Å². The van der Waals surface area contributed by atoms with Gasteiger partial charge in [-0.2, -0.15) is 0 Å². The van der Waals surface area contributed by atoms with Crippen molar-refractivity contribution in [1.29, 1.82) is 0 Å². The first-order chi connectivity index (χ1) is 9.20. The molecule has 1 unspecified atom stereocenters. The van der Waals surface area contributed by atoms with Gasteiger partial charge in [0, 0.05) is 9.79 Å². The van der Waals surface area contributed by atoms with Crippen LogP contribution >= 0.6 is 0 Å². The summed E-state index contributed by atoms with van der Waals surface area (Å²) in [6.45, 7) is 6.08. The number of aryl methyl sites for hydroxylation is 1. The topological polar surface area (TPSA) is 17.1 Å². The van der Waals surface area contributed by atoms with Crippen LogP contribution in [0.1, 0.15) is 26.3 Å². The van der Waals surface area contributed by atoms with Crippen LogP contribution in [0.2, 0.25) is 0 Å². The Labute approximate surface area is 116 Å². The van der Waals surface area contributed by atoms with Crippen LogP contribution in [0.3, 0.4) is 0 Å². The van der Waals surface area contributed by atoms with Crippen molar-refractivity contribution in [2.24, 2.45) is 0 Å². The maximum absolute atomic E-state index is 12.8. The average molecular weight is 278 g/mol. The van der Waals surface area contributed by atoms with Gasteiger partial charge in [0.05, 0.1) is 10.8 Å². The largest absolute Gasteiger partial charge is 0.249 e. The summed E-state index contributed by atoms with van der Waals surface area (Å²) in [7, 11) is -1.23. The van der Waals surface area contributed by atoms with Crippen LogP contribution in [0.25, 0.3) is 0 Å². The second kappa shape index (κ2) is 7.85. The van der Waals surface area contributed by atoms with Gasteiger partial charge in [-0.1, -0.05) is 32.9 Å². The van der Waals surface area contributed by atoms with Crippen molar-refractivity contribution in [3.8, 4) is 0 Å². The van der Waals surface area contributed by atoms with Crippen molar-refractivity contribution in [3.63, 3.8) is 0 Å². The summed E-state index contributed by atoms with van der Waals surface area (Å²) in [6, 6.07) is 13.4. The maximum atomic E-state index is 12.8. The highest BCUT2D eigenvalue weighted by molar-refractivity contribution is 7.85. The van der Waals surface area contributed by atoms with E-state index in [1.807, 2.05) is 38.1 Å². The Bertz CT molecular complexity index is 517. The van der Waals surface area contributed by atoms with Crippen molar-refractivity contribution in [2.75, 3.05) is 0 Å². The van der Waals surface area contributed by atoms with Gasteiger partial charge in [-0.25, -0.2) is 8.60 Å². The van der Waals surface area contributed by atoms with E-state index in [1.165, 1.54) is 17.7 Å². The van der Waals surface area contributed by atoms with Crippen LogP contribution in [-0.4, -0.2) is 4.21 Å². The third kappa shape index (κ3) is 4.28. The van der Waals surface area contributed by atoms with E-state index >= 15 is 0 Å². The molecule has 19 heavy (non-hydrogen) atoms. The molecule has 2 rings (SSSR count). The highest BCUT2D eigenvalue weighted by atomic mass is 32.2. The minimum absolute atomic E-state index is 0.313. The molecule has 1 nitrogen and oxygen atoms in total. The van der Waals surface area contributed by atoms with Gasteiger partial charge in [0.15, 0.2) is 0 Å². The van der Waals surface area contributed by atoms with E-state index in [2.05, 4.69) is 6.92 Å². The van der Waals surface area contributed by atoms with Crippen molar-refractivity contribution in [3.05, 3.63) is 59.9 Å². The molecular weight excluding hydrogens is 259 g/mol. The highest BCUT2D eigenvalue weighted by Crippen LogP contribution is 2.17. The lowest BCUT2D eigenvalue weighted by atomic mass is 10.2. The summed E-state index contributed by atoms with van der Waals surface area (Å²) < 4.78 is 24.9. The molecule has 0 aliphatic carbocycles. The molecule has 1 atom stereocenters. The van der Waals surface area contributed by atoms with Gasteiger partial charge >= 0.3 is 0 Å². The Hall–Kier alpha value is -1.48. The monoisotopic (exact) mass is 278 g/mol. The Morgan fingerprint density at radius 2 is 1.32 bits per heavy atom. The lowest BCUT2D eigenvalue weighted by Gasteiger charge is -2.03. The number of hydrogen-bond acceptors (Lipinski definition) is 1. The fraction of sp³-hybridized carbons (Fsp3) is 0.250. The summed E-state index contributed by atoms with van der Waals surface area (Å²) in [4.78, 5) is 1.37. The number of halogens is 1. The van der Waals surface area contributed by atoms with Crippen LogP contribution in [0.4, 0.5) is 4.39 Å². The first kappa shape index (κ1) is 15.6. The summed E-state index contributed by atoms with van der Waals surface area (Å²) >= 11 is 0. The van der Waals surface area contributed by atoms with E-state index in [0.29, 0.717) is 4.90 Å². The quantitative estimate of drug-likeness (QED) is 0.803. The van der Waals surface area contributed by atoms with Crippen molar-refractivity contribution in [2.45, 2.75) is 37.0 Å². The van der Waals surface area contributed by atoms with E-state index in [1.54, 1.807) is 12.1 Å². The fourth-order valence-electron chi connectivity index (χ4n) is 1.54. The van der Waals surface area contributed by atoms with Crippen LogP contribution in [0, 0.1) is 5.82 Å². The van der Waals surface area contributed by atoms with Gasteiger partial charge in [0.1, 0.15) is 5.82 Å². The Morgan fingerprint density at radius 3 is 1.74 bits per heavy atom. The zero-order valence-corrected chi connectivity index (χ0v) is 12.3. The lowest BCUT2D eigenvalue weighted by Crippen LogP contribution is -1.93. The molecule has 0 radical (unpaired) electrons. The van der Waals surface area contributed by atoms with Crippen molar-refractivity contribution in [1.82, 2.24) is 0 Å². The Morgan fingerprint density at radius 1 is 0.895 bits per heavy atom. The summed E-state index contributed by atoms with van der Waals surface area (Å²) in [5, 5.41) is 0. The first-order valence-corrected chi connectivity index (χ1v) is 7.62. The molecule has 0 N–H and O–H groups in total. The fourth-order valence-corrected chi connectivity index (χ4v) is 2.58. The molecule has 0 fully saturated rings. The smallest absolute Gasteiger partial charge is 0.123 e. The van der Waals surface area contributed by atoms with Gasteiger partial charge < -0.3 is 0 Å². The SMILES string of the molecule is CC.CCc1ccc(S(=O)c2ccc(F)cc2)cc1. The third-order valence-electron chi connectivity index (χ3n) is 2.57. The van der Waals surface area contributed by atoms with E-state index in [0.717, 1.165) is 11.3 Å². The number of benzene rings is 2. The second-order valence-corrected chi connectivity index (χ2v) is 5.20. The molecular formula is C16H19FOS. The molecule has 0 saturated heterocycles. The van der Waals surface area contributed by atoms with E-state index in [4.69, 9.17) is 0 Å². The van der Waals surface area contributed by atoms with Crippen molar-refractivity contribution < 1.29 is 8.60 Å². The summed E-state index contributed by atoms with van der Waals surface area (Å²) in [5.41, 5.74) is 1.21. The average Bonchev–Trinajstić information content (AvgIpc) is 2.49. The molecule has 2 aromatic carbocycles. The Balaban J connectivity index is 0.000000861. The molecule has 0 saturated carbocycles. The number of rotatable bonds is 3. The standard InChI is InChI=1S/C14H13FOS.C2H6/c1-2-11-3-7-13(8-4-11)17(16)14-9-5-12(15)6-10-14;1-2/h3-10H,2H2,1H3;1-2H3. The summed E-state index contributed by atoms with van der Waals surface area (Å²) in [6.07, 6.45) is 0.962. The molecule has 102 valence electrons. The van der Waals surface area contributed by atoms with Gasteiger partial charge in [0.2, 0.25) is 0 Å². The van der Waals surface area contributed by atoms with Gasteiger partial charge in [-0.05, 0) is 48.4 Å². The third-order valence-corrected chi connectivity index (χ3v) is 3.97. The van der Waals surface area contributed by atoms with E-state index < -0.39 is 10.8 Å². The minimum atomic E-state index is -1.23. The molecule has 0 amide bonds. The minimum Gasteiger partial charge on any atom is -0.249 e. The maximum Gasteiger partial charge on any atom is 0.123 e. The molecule has 0 aliphatic heterocycles. The second-order valence-electron chi connectivity index (χ2n) is 3.72. The van der Waals surface area contributed by atoms with Gasteiger partial charge in [-0.15, -0.1) is 0 Å². The molecule has 0 spiro atoms.